The van der Waals surface area contributed by atoms with Crippen LogP contribution >= 0.6 is 0 Å². The molecule has 0 aliphatic rings. The van der Waals surface area contributed by atoms with E-state index in [2.05, 4.69) is 10.3 Å². The maximum atomic E-state index is 12.9. The number of nitrogens with one attached hydrogen (secondary N) is 1. The standard InChI is InChI=1S/C20H18N4O/c1-14-19(20(25)24(23(14)2)17-9-4-3-5-10-17)22-16-12-15-8-6-7-11-18(15)21-13-16/h3-13,22H,1-2H3. The lowest BCUT2D eigenvalue weighted by atomic mass is 10.2. The second kappa shape index (κ2) is 5.94. The van der Waals surface area contributed by atoms with Crippen molar-refractivity contribution in [2.75, 3.05) is 5.32 Å². The maximum Gasteiger partial charge on any atom is 0.295 e. The number of fused-ring (bicyclic) bond motifs is 1. The van der Waals surface area contributed by atoms with Crippen molar-refractivity contribution in [2.24, 2.45) is 7.05 Å². The Bertz CT molecular complexity index is 1110. The van der Waals surface area contributed by atoms with E-state index in [1.807, 2.05) is 79.3 Å². The molecule has 2 heterocycles. The van der Waals surface area contributed by atoms with E-state index >= 15 is 0 Å². The molecule has 0 atom stereocenters. The van der Waals surface area contributed by atoms with Crippen LogP contribution in [0.4, 0.5) is 11.4 Å². The van der Waals surface area contributed by atoms with Crippen molar-refractivity contribution < 1.29 is 0 Å². The summed E-state index contributed by atoms with van der Waals surface area (Å²) >= 11 is 0. The topological polar surface area (TPSA) is 51.9 Å². The first-order valence-corrected chi connectivity index (χ1v) is 8.11. The fourth-order valence-electron chi connectivity index (χ4n) is 3.00. The molecule has 1 N–H and O–H groups in total. The van der Waals surface area contributed by atoms with Crippen LogP contribution in [0.1, 0.15) is 5.69 Å². The van der Waals surface area contributed by atoms with Crippen molar-refractivity contribution in [3.05, 3.63) is 82.9 Å². The lowest BCUT2D eigenvalue weighted by Gasteiger charge is -2.07. The van der Waals surface area contributed by atoms with Gasteiger partial charge in [-0.1, -0.05) is 36.4 Å². The highest BCUT2D eigenvalue weighted by Crippen LogP contribution is 2.21. The van der Waals surface area contributed by atoms with Gasteiger partial charge in [-0.05, 0) is 31.2 Å². The van der Waals surface area contributed by atoms with Gasteiger partial charge in [-0.2, -0.15) is 0 Å². The second-order valence-electron chi connectivity index (χ2n) is 5.98. The first kappa shape index (κ1) is 15.2. The monoisotopic (exact) mass is 330 g/mol. The molecule has 0 saturated carbocycles. The number of aromatic nitrogens is 3. The summed E-state index contributed by atoms with van der Waals surface area (Å²) in [4.78, 5) is 17.4. The SMILES string of the molecule is Cc1c(Nc2cnc3ccccc3c2)c(=O)n(-c2ccccc2)n1C. The van der Waals surface area contributed by atoms with Crippen molar-refractivity contribution in [3.63, 3.8) is 0 Å². The summed E-state index contributed by atoms with van der Waals surface area (Å²) in [5.74, 6) is 0. The average molecular weight is 330 g/mol. The Hall–Kier alpha value is -3.34. The molecule has 4 rings (SSSR count). The molecule has 4 aromatic rings. The average Bonchev–Trinajstić information content (AvgIpc) is 2.86. The summed E-state index contributed by atoms with van der Waals surface area (Å²) in [5.41, 5.74) is 3.90. The van der Waals surface area contributed by atoms with E-state index in [1.54, 1.807) is 10.9 Å². The van der Waals surface area contributed by atoms with E-state index in [-0.39, 0.29) is 5.56 Å². The summed E-state index contributed by atoms with van der Waals surface area (Å²) in [6, 6.07) is 19.5. The molecule has 0 aliphatic heterocycles. The molecular weight excluding hydrogens is 312 g/mol. The van der Waals surface area contributed by atoms with Gasteiger partial charge in [0, 0.05) is 12.4 Å². The molecule has 2 aromatic carbocycles. The molecular formula is C20H18N4O. The van der Waals surface area contributed by atoms with Crippen LogP contribution in [0.2, 0.25) is 0 Å². The zero-order valence-corrected chi connectivity index (χ0v) is 14.1. The summed E-state index contributed by atoms with van der Waals surface area (Å²) in [6.45, 7) is 1.93. The summed E-state index contributed by atoms with van der Waals surface area (Å²) in [6.07, 6.45) is 1.75. The number of pyridine rings is 1. The third kappa shape index (κ3) is 2.59. The van der Waals surface area contributed by atoms with Gasteiger partial charge < -0.3 is 5.32 Å². The van der Waals surface area contributed by atoms with Crippen LogP contribution in [0.15, 0.2) is 71.7 Å². The predicted octanol–water partition coefficient (Wildman–Crippen LogP) is 3.78. The third-order valence-electron chi connectivity index (χ3n) is 4.41. The van der Waals surface area contributed by atoms with Crippen LogP contribution in [-0.4, -0.2) is 14.3 Å². The van der Waals surface area contributed by atoms with Crippen LogP contribution < -0.4 is 10.9 Å². The number of benzene rings is 2. The fourth-order valence-corrected chi connectivity index (χ4v) is 3.00. The quantitative estimate of drug-likeness (QED) is 0.622. The third-order valence-corrected chi connectivity index (χ3v) is 4.41. The van der Waals surface area contributed by atoms with E-state index in [0.717, 1.165) is 28.0 Å². The van der Waals surface area contributed by atoms with Gasteiger partial charge in [0.2, 0.25) is 0 Å². The summed E-state index contributed by atoms with van der Waals surface area (Å²) < 4.78 is 3.51. The predicted molar refractivity (Wildman–Crippen MR) is 101 cm³/mol. The maximum absolute atomic E-state index is 12.9. The van der Waals surface area contributed by atoms with Crippen LogP contribution in [0.25, 0.3) is 16.6 Å². The molecule has 25 heavy (non-hydrogen) atoms. The molecule has 0 amide bonds. The number of hydrogen-bond acceptors (Lipinski definition) is 3. The highest BCUT2D eigenvalue weighted by Gasteiger charge is 2.16. The Kier molecular flexibility index (Phi) is 3.61. The Morgan fingerprint density at radius 2 is 1.72 bits per heavy atom. The van der Waals surface area contributed by atoms with Gasteiger partial charge in [0.05, 0.1) is 28.8 Å². The molecule has 0 radical (unpaired) electrons. The Balaban J connectivity index is 1.79. The Morgan fingerprint density at radius 3 is 2.52 bits per heavy atom. The van der Waals surface area contributed by atoms with Gasteiger partial charge in [0.1, 0.15) is 5.69 Å². The first-order chi connectivity index (χ1) is 12.1. The van der Waals surface area contributed by atoms with Crippen molar-refractivity contribution in [1.82, 2.24) is 14.3 Å². The van der Waals surface area contributed by atoms with E-state index in [0.29, 0.717) is 5.69 Å². The molecule has 0 fully saturated rings. The lowest BCUT2D eigenvalue weighted by Crippen LogP contribution is -2.20. The van der Waals surface area contributed by atoms with E-state index < -0.39 is 0 Å². The van der Waals surface area contributed by atoms with Crippen LogP contribution in [0.5, 0.6) is 0 Å². The number of anilines is 2. The van der Waals surface area contributed by atoms with Gasteiger partial charge in [-0.25, -0.2) is 4.68 Å². The van der Waals surface area contributed by atoms with E-state index in [9.17, 15) is 4.79 Å². The largest absolute Gasteiger partial charge is 0.348 e. The molecule has 0 saturated heterocycles. The second-order valence-corrected chi connectivity index (χ2v) is 5.98. The Morgan fingerprint density at radius 1 is 1.00 bits per heavy atom. The number of nitrogens with zero attached hydrogens (tertiary/aromatic N) is 3. The molecule has 0 unspecified atom stereocenters. The molecule has 124 valence electrons. The van der Waals surface area contributed by atoms with Gasteiger partial charge >= 0.3 is 0 Å². The lowest BCUT2D eigenvalue weighted by molar-refractivity contribution is 0.630. The van der Waals surface area contributed by atoms with Crippen molar-refractivity contribution in [2.45, 2.75) is 6.92 Å². The normalized spacial score (nSPS) is 11.0. The van der Waals surface area contributed by atoms with Crippen LogP contribution in [0.3, 0.4) is 0 Å². The zero-order chi connectivity index (χ0) is 17.4. The molecule has 0 spiro atoms. The molecule has 0 aliphatic carbocycles. The number of para-hydroxylation sites is 2. The molecule has 5 heteroatoms. The fraction of sp³-hybridized carbons (Fsp3) is 0.100. The summed E-state index contributed by atoms with van der Waals surface area (Å²) in [5, 5.41) is 4.28. The van der Waals surface area contributed by atoms with Crippen LogP contribution in [-0.2, 0) is 7.05 Å². The smallest absolute Gasteiger partial charge is 0.295 e. The van der Waals surface area contributed by atoms with Gasteiger partial charge in [-0.15, -0.1) is 0 Å². The van der Waals surface area contributed by atoms with Crippen molar-refractivity contribution in [3.8, 4) is 5.69 Å². The van der Waals surface area contributed by atoms with E-state index in [4.69, 9.17) is 0 Å². The highest BCUT2D eigenvalue weighted by atomic mass is 16.1. The minimum Gasteiger partial charge on any atom is -0.348 e. The van der Waals surface area contributed by atoms with Crippen LogP contribution in [0, 0.1) is 6.92 Å². The van der Waals surface area contributed by atoms with Crippen molar-refractivity contribution in [1.29, 1.82) is 0 Å². The highest BCUT2D eigenvalue weighted by molar-refractivity contribution is 5.82. The first-order valence-electron chi connectivity index (χ1n) is 8.11. The van der Waals surface area contributed by atoms with Gasteiger partial charge in [0.25, 0.3) is 5.56 Å². The minimum atomic E-state index is -0.0839. The minimum absolute atomic E-state index is 0.0839. The summed E-state index contributed by atoms with van der Waals surface area (Å²) in [7, 11) is 1.88. The zero-order valence-electron chi connectivity index (χ0n) is 14.1. The van der Waals surface area contributed by atoms with E-state index in [1.165, 1.54) is 0 Å². The Labute approximate surface area is 145 Å². The molecule has 5 nitrogen and oxygen atoms in total. The molecule has 0 bridgehead atoms. The van der Waals surface area contributed by atoms with Gasteiger partial charge in [0.15, 0.2) is 0 Å². The van der Waals surface area contributed by atoms with Crippen molar-refractivity contribution >= 4 is 22.3 Å². The number of hydrogen-bond donors (Lipinski definition) is 1. The van der Waals surface area contributed by atoms with Gasteiger partial charge in [-0.3, -0.25) is 14.5 Å². The number of rotatable bonds is 3. The molecule has 2 aromatic heterocycles.